The highest BCUT2D eigenvalue weighted by Crippen LogP contribution is 2.09. The third-order valence-corrected chi connectivity index (χ3v) is 7.16. The fraction of sp³-hybridized carbons (Fsp3) is 0.875. The maximum absolute atomic E-state index is 9.77. The second-order valence-electron chi connectivity index (χ2n) is 4.16. The van der Waals surface area contributed by atoms with E-state index in [1.807, 2.05) is 0 Å². The van der Waals surface area contributed by atoms with Crippen molar-refractivity contribution in [3.8, 4) is 0 Å². The standard InChI is InChI=1S/C8H19NO2Si2/c1-12(11-13(2,3)4)7-5-6-9-8-10/h12H,5-7H2,1-4H3. The van der Waals surface area contributed by atoms with Crippen LogP contribution in [0.5, 0.6) is 0 Å². The Morgan fingerprint density at radius 1 is 1.46 bits per heavy atom. The number of isocyanates is 1. The van der Waals surface area contributed by atoms with E-state index < -0.39 is 17.4 Å². The van der Waals surface area contributed by atoms with Crippen LogP contribution in [0.2, 0.25) is 32.2 Å². The van der Waals surface area contributed by atoms with Gasteiger partial charge in [-0.25, -0.2) is 9.79 Å². The lowest BCUT2D eigenvalue weighted by Gasteiger charge is -2.22. The minimum Gasteiger partial charge on any atom is -0.458 e. The Labute approximate surface area is 83.1 Å². The lowest BCUT2D eigenvalue weighted by molar-refractivity contribution is 0.560. The van der Waals surface area contributed by atoms with Crippen molar-refractivity contribution in [3.05, 3.63) is 0 Å². The molecule has 0 fully saturated rings. The summed E-state index contributed by atoms with van der Waals surface area (Å²) in [4.78, 5) is 13.3. The van der Waals surface area contributed by atoms with Crippen molar-refractivity contribution in [2.45, 2.75) is 38.7 Å². The maximum Gasteiger partial charge on any atom is 0.234 e. The number of rotatable bonds is 6. The molecule has 0 amide bonds. The third kappa shape index (κ3) is 9.69. The fourth-order valence-electron chi connectivity index (χ4n) is 1.17. The molecule has 0 aromatic carbocycles. The molecule has 0 bridgehead atoms. The molecule has 0 N–H and O–H groups in total. The predicted molar refractivity (Wildman–Crippen MR) is 59.9 cm³/mol. The van der Waals surface area contributed by atoms with E-state index in [-0.39, 0.29) is 0 Å². The van der Waals surface area contributed by atoms with Gasteiger partial charge < -0.3 is 4.12 Å². The van der Waals surface area contributed by atoms with Crippen molar-refractivity contribution in [1.82, 2.24) is 0 Å². The summed E-state index contributed by atoms with van der Waals surface area (Å²) in [7, 11) is -2.33. The van der Waals surface area contributed by atoms with E-state index >= 15 is 0 Å². The van der Waals surface area contributed by atoms with Crippen LogP contribution in [0.3, 0.4) is 0 Å². The molecule has 0 aliphatic rings. The van der Waals surface area contributed by atoms with Crippen molar-refractivity contribution < 1.29 is 8.91 Å². The Kier molecular flexibility index (Phi) is 6.15. The van der Waals surface area contributed by atoms with E-state index in [9.17, 15) is 4.79 Å². The molecule has 3 nitrogen and oxygen atoms in total. The van der Waals surface area contributed by atoms with E-state index in [2.05, 4.69) is 31.2 Å². The monoisotopic (exact) mass is 217 g/mol. The molecule has 0 aliphatic carbocycles. The predicted octanol–water partition coefficient (Wildman–Crippen LogP) is 1.92. The zero-order chi connectivity index (χ0) is 10.3. The lowest BCUT2D eigenvalue weighted by atomic mass is 10.5. The molecule has 76 valence electrons. The first-order chi connectivity index (χ1) is 5.95. The average Bonchev–Trinajstić information content (AvgIpc) is 1.94. The quantitative estimate of drug-likeness (QED) is 0.295. The second kappa shape index (κ2) is 6.26. The van der Waals surface area contributed by atoms with Gasteiger partial charge in [0.2, 0.25) is 6.08 Å². The average molecular weight is 217 g/mol. The molecule has 0 saturated heterocycles. The number of hydrogen-bond donors (Lipinski definition) is 0. The molecule has 0 aliphatic heterocycles. The number of aliphatic imine (C=N–C) groups is 1. The van der Waals surface area contributed by atoms with Crippen LogP contribution in [0, 0.1) is 0 Å². The van der Waals surface area contributed by atoms with Gasteiger partial charge in [-0.15, -0.1) is 0 Å². The van der Waals surface area contributed by atoms with Gasteiger partial charge in [0.1, 0.15) is 0 Å². The van der Waals surface area contributed by atoms with Gasteiger partial charge in [-0.2, -0.15) is 0 Å². The first-order valence-corrected chi connectivity index (χ1v) is 10.5. The maximum atomic E-state index is 9.77. The van der Waals surface area contributed by atoms with E-state index in [4.69, 9.17) is 4.12 Å². The van der Waals surface area contributed by atoms with Gasteiger partial charge in [-0.3, -0.25) is 0 Å². The second-order valence-corrected chi connectivity index (χ2v) is 11.5. The summed E-state index contributed by atoms with van der Waals surface area (Å²) in [5, 5.41) is 0. The highest BCUT2D eigenvalue weighted by molar-refractivity contribution is 6.77. The van der Waals surface area contributed by atoms with Crippen molar-refractivity contribution in [3.63, 3.8) is 0 Å². The van der Waals surface area contributed by atoms with Crippen molar-refractivity contribution in [1.29, 1.82) is 0 Å². The topological polar surface area (TPSA) is 38.7 Å². The summed E-state index contributed by atoms with van der Waals surface area (Å²) in [5.41, 5.74) is 0. The van der Waals surface area contributed by atoms with Gasteiger partial charge in [-0.1, -0.05) is 0 Å². The molecular weight excluding hydrogens is 198 g/mol. The molecule has 5 heteroatoms. The smallest absolute Gasteiger partial charge is 0.234 e. The Balaban J connectivity index is 3.51. The van der Waals surface area contributed by atoms with Gasteiger partial charge in [0.05, 0.1) is 6.54 Å². The Morgan fingerprint density at radius 3 is 2.54 bits per heavy atom. The van der Waals surface area contributed by atoms with Gasteiger partial charge in [0, 0.05) is 0 Å². The summed E-state index contributed by atoms with van der Waals surface area (Å²) in [6, 6.07) is 1.11. The van der Waals surface area contributed by atoms with Gasteiger partial charge >= 0.3 is 0 Å². The number of nitrogens with zero attached hydrogens (tertiary/aromatic N) is 1. The molecule has 13 heavy (non-hydrogen) atoms. The van der Waals surface area contributed by atoms with Crippen molar-refractivity contribution in [2.75, 3.05) is 6.54 Å². The van der Waals surface area contributed by atoms with Crippen LogP contribution >= 0.6 is 0 Å². The molecule has 0 saturated carbocycles. The minimum atomic E-state index is -1.34. The van der Waals surface area contributed by atoms with Crippen LogP contribution in [0.4, 0.5) is 0 Å². The van der Waals surface area contributed by atoms with E-state index in [0.717, 1.165) is 12.5 Å². The first kappa shape index (κ1) is 12.8. The zero-order valence-electron chi connectivity index (χ0n) is 8.96. The molecule has 1 unspecified atom stereocenters. The van der Waals surface area contributed by atoms with E-state index in [1.54, 1.807) is 6.08 Å². The lowest BCUT2D eigenvalue weighted by Crippen LogP contribution is -2.32. The van der Waals surface area contributed by atoms with Crippen LogP contribution in [-0.4, -0.2) is 30.0 Å². The van der Waals surface area contributed by atoms with E-state index in [1.165, 1.54) is 0 Å². The normalized spacial score (nSPS) is 13.5. The van der Waals surface area contributed by atoms with E-state index in [0.29, 0.717) is 6.54 Å². The summed E-state index contributed by atoms with van der Waals surface area (Å²) in [6.45, 7) is 9.44. The van der Waals surface area contributed by atoms with Crippen LogP contribution in [0.15, 0.2) is 4.99 Å². The van der Waals surface area contributed by atoms with Crippen LogP contribution in [0.25, 0.3) is 0 Å². The Hall–Kier alpha value is -0.226. The van der Waals surface area contributed by atoms with Gasteiger partial charge in [0.25, 0.3) is 0 Å². The Bertz CT molecular complexity index is 185. The van der Waals surface area contributed by atoms with Crippen LogP contribution in [0.1, 0.15) is 6.42 Å². The fourth-order valence-corrected chi connectivity index (χ4v) is 7.22. The summed E-state index contributed by atoms with van der Waals surface area (Å²) >= 11 is 0. The summed E-state index contributed by atoms with van der Waals surface area (Å²) in [6.07, 6.45) is 2.51. The number of hydrogen-bond acceptors (Lipinski definition) is 3. The minimum absolute atomic E-state index is 0.607. The third-order valence-electron chi connectivity index (χ3n) is 1.50. The largest absolute Gasteiger partial charge is 0.458 e. The molecule has 0 radical (unpaired) electrons. The van der Waals surface area contributed by atoms with Crippen molar-refractivity contribution >= 4 is 23.4 Å². The molecular formula is C8H19NO2Si2. The molecule has 1 atom stereocenters. The molecule has 0 aromatic heterocycles. The van der Waals surface area contributed by atoms with Crippen LogP contribution < -0.4 is 0 Å². The highest BCUT2D eigenvalue weighted by atomic mass is 28.4. The zero-order valence-corrected chi connectivity index (χ0v) is 11.1. The van der Waals surface area contributed by atoms with Gasteiger partial charge in [-0.05, 0) is 38.7 Å². The Morgan fingerprint density at radius 2 is 2.08 bits per heavy atom. The van der Waals surface area contributed by atoms with Crippen molar-refractivity contribution in [2.24, 2.45) is 4.99 Å². The summed E-state index contributed by atoms with van der Waals surface area (Å²) < 4.78 is 5.96. The molecule has 0 spiro atoms. The summed E-state index contributed by atoms with van der Waals surface area (Å²) in [5.74, 6) is 0. The molecule has 0 rings (SSSR count). The number of carbonyl (C=O) groups excluding carboxylic acids is 1. The van der Waals surface area contributed by atoms with Gasteiger partial charge in [0.15, 0.2) is 17.4 Å². The SMILES string of the molecule is C[SiH](CCCN=C=O)O[Si](C)(C)C. The first-order valence-electron chi connectivity index (χ1n) is 4.67. The van der Waals surface area contributed by atoms with Crippen LogP contribution in [-0.2, 0) is 8.91 Å². The molecule has 0 aromatic rings. The molecule has 0 heterocycles. The highest BCUT2D eigenvalue weighted by Gasteiger charge is 2.18.